The van der Waals surface area contributed by atoms with Gasteiger partial charge < -0.3 is 10.1 Å². The van der Waals surface area contributed by atoms with E-state index in [1.807, 2.05) is 24.3 Å². The summed E-state index contributed by atoms with van der Waals surface area (Å²) in [5.41, 5.74) is 0.830. The van der Waals surface area contributed by atoms with Gasteiger partial charge in [0.2, 0.25) is 5.91 Å². The van der Waals surface area contributed by atoms with Gasteiger partial charge in [-0.25, -0.2) is 4.79 Å². The van der Waals surface area contributed by atoms with Crippen LogP contribution in [-0.4, -0.2) is 45.6 Å². The lowest BCUT2D eigenvalue weighted by Crippen LogP contribution is -2.48. The van der Waals surface area contributed by atoms with Gasteiger partial charge in [0.25, 0.3) is 0 Å². The molecule has 150 valence electrons. The van der Waals surface area contributed by atoms with Crippen molar-refractivity contribution in [3.8, 4) is 11.4 Å². The minimum atomic E-state index is -0.432. The first kappa shape index (κ1) is 20.2. The summed E-state index contributed by atoms with van der Waals surface area (Å²) in [4.78, 5) is 24.2. The highest BCUT2D eigenvalue weighted by Crippen LogP contribution is 2.24. The molecule has 28 heavy (non-hydrogen) atoms. The monoisotopic (exact) mass is 403 g/mol. The number of hydrogen-bond acceptors (Lipinski definition) is 6. The van der Waals surface area contributed by atoms with Crippen LogP contribution in [0.2, 0.25) is 0 Å². The topological polar surface area (TPSA) is 98.1 Å². The first-order valence-corrected chi connectivity index (χ1v) is 10.3. The highest BCUT2D eigenvalue weighted by molar-refractivity contribution is 7.99. The molecule has 2 N–H and O–H groups in total. The molecule has 1 aromatic heterocycles. The first-order valence-electron chi connectivity index (χ1n) is 9.34. The van der Waals surface area contributed by atoms with Gasteiger partial charge in [-0.15, -0.1) is 10.2 Å². The van der Waals surface area contributed by atoms with Crippen molar-refractivity contribution in [1.29, 1.82) is 0 Å². The summed E-state index contributed by atoms with van der Waals surface area (Å²) < 4.78 is 7.00. The first-order chi connectivity index (χ1) is 13.6. The molecule has 3 rings (SSSR count). The SMILES string of the molecule is COc1cccc(-n2cnnc2SCC(=O)NC(=O)N[C@H]2CCCC[C@H]2C)c1. The number of nitrogens with one attached hydrogen (secondary N) is 2. The molecule has 1 aliphatic carbocycles. The molecular weight excluding hydrogens is 378 g/mol. The summed E-state index contributed by atoms with van der Waals surface area (Å²) in [7, 11) is 1.60. The molecule has 1 aliphatic rings. The van der Waals surface area contributed by atoms with Crippen LogP contribution in [0.4, 0.5) is 4.79 Å². The molecule has 1 aromatic carbocycles. The van der Waals surface area contributed by atoms with Crippen LogP contribution < -0.4 is 15.4 Å². The highest BCUT2D eigenvalue weighted by Gasteiger charge is 2.23. The van der Waals surface area contributed by atoms with E-state index in [0.717, 1.165) is 24.9 Å². The number of methoxy groups -OCH3 is 1. The average molecular weight is 404 g/mol. The maximum absolute atomic E-state index is 12.1. The van der Waals surface area contributed by atoms with E-state index in [2.05, 4.69) is 27.8 Å². The fraction of sp³-hybridized carbons (Fsp3) is 0.474. The fourth-order valence-corrected chi connectivity index (χ4v) is 4.02. The molecule has 9 heteroatoms. The van der Waals surface area contributed by atoms with Gasteiger partial charge in [0.15, 0.2) is 5.16 Å². The molecule has 2 atom stereocenters. The number of nitrogens with zero attached hydrogens (tertiary/aromatic N) is 3. The number of amides is 3. The van der Waals surface area contributed by atoms with Crippen molar-refractivity contribution < 1.29 is 14.3 Å². The molecule has 8 nitrogen and oxygen atoms in total. The summed E-state index contributed by atoms with van der Waals surface area (Å²) in [6.07, 6.45) is 5.95. The van der Waals surface area contributed by atoms with Crippen molar-refractivity contribution in [3.63, 3.8) is 0 Å². The van der Waals surface area contributed by atoms with Gasteiger partial charge in [-0.05, 0) is 30.9 Å². The standard InChI is InChI=1S/C19H25N5O3S/c1-13-6-3-4-9-16(13)21-18(26)22-17(25)11-28-19-23-20-12-24(19)14-7-5-8-15(10-14)27-2/h5,7-8,10,12-13,16H,3-4,6,9,11H2,1-2H3,(H2,21,22,25,26)/t13-,16+/m1/s1. The van der Waals surface area contributed by atoms with Crippen LogP contribution in [0.5, 0.6) is 5.75 Å². The van der Waals surface area contributed by atoms with Crippen LogP contribution in [0.3, 0.4) is 0 Å². The molecule has 1 fully saturated rings. The van der Waals surface area contributed by atoms with E-state index in [-0.39, 0.29) is 17.7 Å². The number of imide groups is 1. The second-order valence-electron chi connectivity index (χ2n) is 6.86. The van der Waals surface area contributed by atoms with Crippen LogP contribution in [-0.2, 0) is 4.79 Å². The van der Waals surface area contributed by atoms with Gasteiger partial charge in [0, 0.05) is 12.1 Å². The van der Waals surface area contributed by atoms with Gasteiger partial charge in [-0.2, -0.15) is 0 Å². The van der Waals surface area contributed by atoms with Gasteiger partial charge in [-0.3, -0.25) is 14.7 Å². The third-order valence-electron chi connectivity index (χ3n) is 4.86. The number of hydrogen-bond donors (Lipinski definition) is 2. The molecule has 0 spiro atoms. The van der Waals surface area contributed by atoms with E-state index in [9.17, 15) is 9.59 Å². The zero-order valence-electron chi connectivity index (χ0n) is 16.1. The minimum absolute atomic E-state index is 0.0658. The Bertz CT molecular complexity index is 825. The van der Waals surface area contributed by atoms with Crippen LogP contribution in [0.1, 0.15) is 32.6 Å². The van der Waals surface area contributed by atoms with E-state index < -0.39 is 6.03 Å². The summed E-state index contributed by atoms with van der Waals surface area (Å²) in [6.45, 7) is 2.13. The van der Waals surface area contributed by atoms with Crippen molar-refractivity contribution in [2.24, 2.45) is 5.92 Å². The number of carbonyl (C=O) groups excluding carboxylic acids is 2. The lowest BCUT2D eigenvalue weighted by atomic mass is 9.86. The van der Waals surface area contributed by atoms with E-state index in [1.54, 1.807) is 18.0 Å². The van der Waals surface area contributed by atoms with Gasteiger partial charge in [0.1, 0.15) is 12.1 Å². The molecule has 0 bridgehead atoms. The summed E-state index contributed by atoms with van der Waals surface area (Å²) in [6, 6.07) is 7.16. The van der Waals surface area contributed by atoms with E-state index in [0.29, 0.717) is 16.8 Å². The third-order valence-corrected chi connectivity index (χ3v) is 5.80. The van der Waals surface area contributed by atoms with Crippen molar-refractivity contribution in [2.45, 2.75) is 43.8 Å². The van der Waals surface area contributed by atoms with Crippen molar-refractivity contribution in [2.75, 3.05) is 12.9 Å². The van der Waals surface area contributed by atoms with Gasteiger partial charge >= 0.3 is 6.03 Å². The number of thioether (sulfide) groups is 1. The second-order valence-corrected chi connectivity index (χ2v) is 7.81. The largest absolute Gasteiger partial charge is 0.497 e. The number of ether oxygens (including phenoxy) is 1. The molecule has 1 saturated carbocycles. The second kappa shape index (κ2) is 9.59. The lowest BCUT2D eigenvalue weighted by molar-refractivity contribution is -0.117. The summed E-state index contributed by atoms with van der Waals surface area (Å²) in [5, 5.41) is 13.9. The number of rotatable bonds is 6. The Morgan fingerprint density at radius 3 is 2.93 bits per heavy atom. The number of carbonyl (C=O) groups is 2. The van der Waals surface area contributed by atoms with Crippen molar-refractivity contribution in [3.05, 3.63) is 30.6 Å². The minimum Gasteiger partial charge on any atom is -0.497 e. The predicted octanol–water partition coefficient (Wildman–Crippen LogP) is 2.77. The Balaban J connectivity index is 1.52. The Morgan fingerprint density at radius 1 is 1.32 bits per heavy atom. The zero-order chi connectivity index (χ0) is 19.9. The molecule has 3 amide bonds. The maximum atomic E-state index is 12.1. The molecule has 0 unspecified atom stereocenters. The number of benzene rings is 1. The molecule has 0 saturated heterocycles. The molecular formula is C19H25N5O3S. The quantitative estimate of drug-likeness (QED) is 0.720. The summed E-state index contributed by atoms with van der Waals surface area (Å²) in [5.74, 6) is 0.848. The van der Waals surface area contributed by atoms with E-state index >= 15 is 0 Å². The van der Waals surface area contributed by atoms with Crippen LogP contribution in [0, 0.1) is 5.92 Å². The van der Waals surface area contributed by atoms with Crippen LogP contribution >= 0.6 is 11.8 Å². The molecule has 0 aliphatic heterocycles. The predicted molar refractivity (Wildman–Crippen MR) is 107 cm³/mol. The molecule has 1 heterocycles. The van der Waals surface area contributed by atoms with E-state index in [4.69, 9.17) is 4.74 Å². The number of aromatic nitrogens is 3. The normalized spacial score (nSPS) is 19.1. The fourth-order valence-electron chi connectivity index (χ4n) is 3.29. The maximum Gasteiger partial charge on any atom is 0.321 e. The summed E-state index contributed by atoms with van der Waals surface area (Å²) >= 11 is 1.22. The van der Waals surface area contributed by atoms with Gasteiger partial charge in [0.05, 0.1) is 18.6 Å². The average Bonchev–Trinajstić information content (AvgIpc) is 3.17. The Morgan fingerprint density at radius 2 is 2.14 bits per heavy atom. The Labute approximate surface area is 168 Å². The third kappa shape index (κ3) is 5.25. The van der Waals surface area contributed by atoms with Crippen molar-refractivity contribution >= 4 is 23.7 Å². The lowest BCUT2D eigenvalue weighted by Gasteiger charge is -2.29. The van der Waals surface area contributed by atoms with Crippen LogP contribution in [0.15, 0.2) is 35.7 Å². The molecule has 2 aromatic rings. The number of urea groups is 1. The highest BCUT2D eigenvalue weighted by atomic mass is 32.2. The Hall–Kier alpha value is -2.55. The Kier molecular flexibility index (Phi) is 6.91. The molecule has 0 radical (unpaired) electrons. The zero-order valence-corrected chi connectivity index (χ0v) is 16.9. The van der Waals surface area contributed by atoms with Gasteiger partial charge in [-0.1, -0.05) is 37.6 Å². The van der Waals surface area contributed by atoms with E-state index in [1.165, 1.54) is 18.2 Å². The van der Waals surface area contributed by atoms with Crippen molar-refractivity contribution in [1.82, 2.24) is 25.4 Å². The smallest absolute Gasteiger partial charge is 0.321 e. The van der Waals surface area contributed by atoms with Crippen LogP contribution in [0.25, 0.3) is 5.69 Å².